The molecule has 0 spiro atoms. The van der Waals surface area contributed by atoms with Crippen LogP contribution in [0.25, 0.3) is 5.65 Å². The Hall–Kier alpha value is -2.84. The number of hydrogen-bond donors (Lipinski definition) is 1. The third-order valence-electron chi connectivity index (χ3n) is 4.01. The highest BCUT2D eigenvalue weighted by Gasteiger charge is 2.31. The normalized spacial score (nSPS) is 11.8. The van der Waals surface area contributed by atoms with Crippen LogP contribution in [0.2, 0.25) is 0 Å². The number of alkyl halides is 3. The van der Waals surface area contributed by atoms with E-state index in [1.807, 2.05) is 17.7 Å². The first-order valence-corrected chi connectivity index (χ1v) is 8.22. The van der Waals surface area contributed by atoms with Gasteiger partial charge in [0.1, 0.15) is 11.3 Å². The molecule has 0 saturated carbocycles. The van der Waals surface area contributed by atoms with Gasteiger partial charge in [-0.1, -0.05) is 6.92 Å². The second kappa shape index (κ2) is 7.19. The van der Waals surface area contributed by atoms with Crippen molar-refractivity contribution in [2.24, 2.45) is 0 Å². The van der Waals surface area contributed by atoms with Crippen molar-refractivity contribution in [3.8, 4) is 0 Å². The number of rotatable bonds is 6. The van der Waals surface area contributed by atoms with Crippen LogP contribution in [-0.4, -0.2) is 31.4 Å². The monoisotopic (exact) mass is 365 g/mol. The first-order valence-electron chi connectivity index (χ1n) is 8.22. The molecule has 3 heterocycles. The van der Waals surface area contributed by atoms with Crippen molar-refractivity contribution >= 4 is 11.6 Å². The van der Waals surface area contributed by atoms with Crippen molar-refractivity contribution in [3.05, 3.63) is 54.0 Å². The number of amides is 1. The maximum Gasteiger partial charge on any atom is 0.417 e. The van der Waals surface area contributed by atoms with Gasteiger partial charge in [0.05, 0.1) is 17.6 Å². The van der Waals surface area contributed by atoms with Gasteiger partial charge >= 0.3 is 6.18 Å². The Morgan fingerprint density at radius 1 is 1.31 bits per heavy atom. The molecule has 0 aliphatic carbocycles. The highest BCUT2D eigenvalue weighted by atomic mass is 19.4. The molecule has 3 aromatic heterocycles. The summed E-state index contributed by atoms with van der Waals surface area (Å²) in [5.74, 6) is -0.431. The van der Waals surface area contributed by atoms with Crippen LogP contribution < -0.4 is 5.32 Å². The quantitative estimate of drug-likeness (QED) is 0.683. The minimum Gasteiger partial charge on any atom is -0.351 e. The smallest absolute Gasteiger partial charge is 0.351 e. The molecule has 0 aromatic carbocycles. The molecule has 0 aliphatic rings. The fourth-order valence-corrected chi connectivity index (χ4v) is 2.71. The molecule has 3 rings (SSSR count). The molecule has 9 heteroatoms. The summed E-state index contributed by atoms with van der Waals surface area (Å²) in [7, 11) is 0. The fraction of sp³-hybridized carbons (Fsp3) is 0.353. The summed E-state index contributed by atoms with van der Waals surface area (Å²) < 4.78 is 42.0. The van der Waals surface area contributed by atoms with E-state index in [0.717, 1.165) is 12.3 Å². The molecule has 0 fully saturated rings. The number of carbonyl (C=O) groups is 1. The third-order valence-corrected chi connectivity index (χ3v) is 4.01. The number of halogens is 3. The van der Waals surface area contributed by atoms with Crippen LogP contribution in [0.15, 0.2) is 37.1 Å². The summed E-state index contributed by atoms with van der Waals surface area (Å²) in [6.45, 7) is 2.89. The zero-order valence-corrected chi connectivity index (χ0v) is 14.1. The summed E-state index contributed by atoms with van der Waals surface area (Å²) >= 11 is 0. The molecule has 26 heavy (non-hydrogen) atoms. The standard InChI is InChI=1S/C17H18F3N5O/c1-2-13-15(16(26)22-6-3-8-24-9-7-21-11-24)25-10-12(17(18,19)20)4-5-14(25)23-13/h4-5,7,9-11H,2-3,6,8H2,1H3,(H,22,26). The van der Waals surface area contributed by atoms with E-state index < -0.39 is 17.6 Å². The summed E-state index contributed by atoms with van der Waals surface area (Å²) in [5.41, 5.74) is 0.116. The van der Waals surface area contributed by atoms with Gasteiger partial charge in [0, 0.05) is 31.7 Å². The van der Waals surface area contributed by atoms with Crippen LogP contribution in [0.4, 0.5) is 13.2 Å². The zero-order chi connectivity index (χ0) is 18.7. The Labute approximate surface area is 147 Å². The lowest BCUT2D eigenvalue weighted by molar-refractivity contribution is -0.137. The molecule has 0 bridgehead atoms. The number of fused-ring (bicyclic) bond motifs is 1. The molecule has 0 atom stereocenters. The molecule has 0 saturated heterocycles. The topological polar surface area (TPSA) is 64.2 Å². The van der Waals surface area contributed by atoms with Crippen LogP contribution in [0.5, 0.6) is 0 Å². The summed E-state index contributed by atoms with van der Waals surface area (Å²) in [6, 6.07) is 2.24. The van der Waals surface area contributed by atoms with Gasteiger partial charge in [-0.3, -0.25) is 9.20 Å². The molecular formula is C17H18F3N5O. The van der Waals surface area contributed by atoms with Gasteiger partial charge in [-0.05, 0) is 25.0 Å². The summed E-state index contributed by atoms with van der Waals surface area (Å²) in [4.78, 5) is 20.7. The van der Waals surface area contributed by atoms with Crippen LogP contribution in [-0.2, 0) is 19.1 Å². The second-order valence-electron chi connectivity index (χ2n) is 5.81. The van der Waals surface area contributed by atoms with Crippen molar-refractivity contribution in [2.75, 3.05) is 6.54 Å². The first kappa shape index (κ1) is 18.0. The minimum absolute atomic E-state index is 0.149. The Balaban J connectivity index is 1.79. The Kier molecular flexibility index (Phi) is 4.97. The van der Waals surface area contributed by atoms with Gasteiger partial charge in [0.2, 0.25) is 0 Å². The Morgan fingerprint density at radius 2 is 2.12 bits per heavy atom. The largest absolute Gasteiger partial charge is 0.417 e. The predicted octanol–water partition coefficient (Wildman–Crippen LogP) is 2.93. The van der Waals surface area contributed by atoms with Gasteiger partial charge in [-0.15, -0.1) is 0 Å². The van der Waals surface area contributed by atoms with Crippen LogP contribution in [0, 0.1) is 0 Å². The SMILES string of the molecule is CCc1nc2ccc(C(F)(F)F)cn2c1C(=O)NCCCn1ccnc1. The zero-order valence-electron chi connectivity index (χ0n) is 14.1. The van der Waals surface area contributed by atoms with Crippen molar-refractivity contribution in [1.29, 1.82) is 0 Å². The molecule has 138 valence electrons. The third kappa shape index (κ3) is 3.71. The number of aryl methyl sites for hydroxylation is 2. The average molecular weight is 365 g/mol. The minimum atomic E-state index is -4.48. The predicted molar refractivity (Wildman–Crippen MR) is 88.7 cm³/mol. The van der Waals surface area contributed by atoms with E-state index >= 15 is 0 Å². The van der Waals surface area contributed by atoms with E-state index in [4.69, 9.17) is 0 Å². The van der Waals surface area contributed by atoms with Crippen molar-refractivity contribution in [1.82, 2.24) is 24.3 Å². The van der Waals surface area contributed by atoms with Gasteiger partial charge < -0.3 is 9.88 Å². The molecule has 0 radical (unpaired) electrons. The van der Waals surface area contributed by atoms with Crippen molar-refractivity contribution < 1.29 is 18.0 Å². The average Bonchev–Trinajstić information content (AvgIpc) is 3.24. The van der Waals surface area contributed by atoms with Crippen LogP contribution in [0.3, 0.4) is 0 Å². The molecule has 0 aliphatic heterocycles. The number of pyridine rings is 1. The number of carbonyl (C=O) groups excluding carboxylic acids is 1. The lowest BCUT2D eigenvalue weighted by Crippen LogP contribution is -2.27. The van der Waals surface area contributed by atoms with Gasteiger partial charge in [0.15, 0.2) is 0 Å². The highest BCUT2D eigenvalue weighted by Crippen LogP contribution is 2.29. The second-order valence-corrected chi connectivity index (χ2v) is 5.81. The van der Waals surface area contributed by atoms with Crippen molar-refractivity contribution in [2.45, 2.75) is 32.5 Å². The maximum absolute atomic E-state index is 13.0. The number of aromatic nitrogens is 4. The molecular weight excluding hydrogens is 347 g/mol. The molecule has 1 N–H and O–H groups in total. The summed E-state index contributed by atoms with van der Waals surface area (Å²) in [5, 5.41) is 2.76. The molecule has 0 unspecified atom stereocenters. The molecule has 1 amide bonds. The lowest BCUT2D eigenvalue weighted by Gasteiger charge is -2.09. The van der Waals surface area contributed by atoms with Gasteiger partial charge in [-0.2, -0.15) is 13.2 Å². The number of imidazole rings is 2. The number of hydrogen-bond acceptors (Lipinski definition) is 3. The lowest BCUT2D eigenvalue weighted by atomic mass is 10.2. The Bertz CT molecular complexity index is 899. The number of nitrogens with zero attached hydrogens (tertiary/aromatic N) is 4. The number of nitrogens with one attached hydrogen (secondary N) is 1. The fourth-order valence-electron chi connectivity index (χ4n) is 2.71. The first-order chi connectivity index (χ1) is 12.4. The van der Waals surface area contributed by atoms with Gasteiger partial charge in [-0.25, -0.2) is 9.97 Å². The van der Waals surface area contributed by atoms with Crippen LogP contribution in [0.1, 0.15) is 35.1 Å². The van der Waals surface area contributed by atoms with E-state index in [-0.39, 0.29) is 5.69 Å². The van der Waals surface area contributed by atoms with E-state index in [1.54, 1.807) is 12.5 Å². The Morgan fingerprint density at radius 3 is 2.77 bits per heavy atom. The van der Waals surface area contributed by atoms with E-state index in [1.165, 1.54) is 10.5 Å². The van der Waals surface area contributed by atoms with Crippen LogP contribution >= 0.6 is 0 Å². The van der Waals surface area contributed by atoms with E-state index in [2.05, 4.69) is 15.3 Å². The van der Waals surface area contributed by atoms with E-state index in [0.29, 0.717) is 37.3 Å². The van der Waals surface area contributed by atoms with Crippen molar-refractivity contribution in [3.63, 3.8) is 0 Å². The molecule has 3 aromatic rings. The highest BCUT2D eigenvalue weighted by molar-refractivity contribution is 5.94. The van der Waals surface area contributed by atoms with Gasteiger partial charge in [0.25, 0.3) is 5.91 Å². The van der Waals surface area contributed by atoms with E-state index in [9.17, 15) is 18.0 Å². The summed E-state index contributed by atoms with van der Waals surface area (Å²) in [6.07, 6.45) is 2.73. The molecule has 6 nitrogen and oxygen atoms in total. The maximum atomic E-state index is 13.0.